The Morgan fingerprint density at radius 1 is 1.22 bits per heavy atom. The Morgan fingerprint density at radius 2 is 1.83 bits per heavy atom. The number of carbonyl (C=O) groups excluding carboxylic acids is 2. The van der Waals surface area contributed by atoms with Crippen molar-refractivity contribution in [2.45, 2.75) is 13.8 Å². The molecule has 1 aliphatic rings. The maximum Gasteiger partial charge on any atom is 0.329 e. The van der Waals surface area contributed by atoms with E-state index >= 15 is 0 Å². The number of carbonyl (C=O) groups is 3. The molecule has 0 bridgehead atoms. The Hall–Kier alpha value is -2.83. The molecule has 2 rings (SSSR count). The first-order valence-electron chi connectivity index (χ1n) is 7.37. The predicted octanol–water partition coefficient (Wildman–Crippen LogP) is 1.51. The molecule has 23 heavy (non-hydrogen) atoms. The highest BCUT2D eigenvalue weighted by Crippen LogP contribution is 2.18. The Kier molecular flexibility index (Phi) is 5.00. The van der Waals surface area contributed by atoms with Crippen molar-refractivity contribution in [3.8, 4) is 0 Å². The maximum absolute atomic E-state index is 12.0. The minimum absolute atomic E-state index is 0.0758. The van der Waals surface area contributed by atoms with E-state index in [0.717, 1.165) is 24.3 Å². The van der Waals surface area contributed by atoms with Crippen molar-refractivity contribution in [1.82, 2.24) is 10.2 Å². The summed E-state index contributed by atoms with van der Waals surface area (Å²) in [6, 6.07) is 6.86. The molecule has 2 N–H and O–H groups in total. The van der Waals surface area contributed by atoms with Crippen LogP contribution in [-0.4, -0.2) is 47.5 Å². The molecule has 122 valence electrons. The van der Waals surface area contributed by atoms with E-state index in [2.05, 4.69) is 24.1 Å². The van der Waals surface area contributed by atoms with Crippen LogP contribution in [0.4, 0.5) is 10.5 Å². The van der Waals surface area contributed by atoms with Gasteiger partial charge in [-0.2, -0.15) is 0 Å². The van der Waals surface area contributed by atoms with Gasteiger partial charge in [-0.1, -0.05) is 12.1 Å². The molecule has 0 radical (unpaired) electrons. The predicted molar refractivity (Wildman–Crippen MR) is 85.9 cm³/mol. The first-order chi connectivity index (χ1) is 11.0. The first kappa shape index (κ1) is 16.5. The number of nitrogens with zero attached hydrogens (tertiary/aromatic N) is 2. The number of anilines is 1. The van der Waals surface area contributed by atoms with Gasteiger partial charge in [-0.05, 0) is 37.6 Å². The molecule has 1 fully saturated rings. The largest absolute Gasteiger partial charge is 0.480 e. The number of amides is 3. The number of rotatable bonds is 6. The van der Waals surface area contributed by atoms with Crippen LogP contribution in [0, 0.1) is 0 Å². The Labute approximate surface area is 134 Å². The molecule has 1 aromatic carbocycles. The molecule has 0 saturated carbocycles. The van der Waals surface area contributed by atoms with Gasteiger partial charge in [0.05, 0.1) is 0 Å². The third-order valence-corrected chi connectivity index (χ3v) is 3.59. The number of urea groups is 1. The normalized spacial score (nSPS) is 15.9. The number of imide groups is 1. The number of hydrogen-bond acceptors (Lipinski definition) is 4. The topological polar surface area (TPSA) is 90.0 Å². The van der Waals surface area contributed by atoms with E-state index in [9.17, 15) is 14.4 Å². The number of carboxylic acid groups (broad SMARTS) is 1. The van der Waals surface area contributed by atoms with Crippen LogP contribution in [0.25, 0.3) is 6.08 Å². The molecule has 1 aliphatic heterocycles. The zero-order valence-corrected chi connectivity index (χ0v) is 13.1. The minimum Gasteiger partial charge on any atom is -0.480 e. The van der Waals surface area contributed by atoms with E-state index in [1.165, 1.54) is 6.08 Å². The van der Waals surface area contributed by atoms with Gasteiger partial charge in [-0.15, -0.1) is 0 Å². The quantitative estimate of drug-likeness (QED) is 0.613. The van der Waals surface area contributed by atoms with E-state index in [1.807, 2.05) is 24.3 Å². The van der Waals surface area contributed by atoms with Gasteiger partial charge in [0, 0.05) is 18.8 Å². The monoisotopic (exact) mass is 317 g/mol. The molecule has 7 nitrogen and oxygen atoms in total. The second-order valence-electron chi connectivity index (χ2n) is 5.04. The Bertz CT molecular complexity index is 648. The van der Waals surface area contributed by atoms with Gasteiger partial charge < -0.3 is 15.3 Å². The summed E-state index contributed by atoms with van der Waals surface area (Å²) < 4.78 is 0. The number of nitrogens with one attached hydrogen (secondary N) is 1. The van der Waals surface area contributed by atoms with Crippen LogP contribution in [0.15, 0.2) is 30.0 Å². The molecule has 1 heterocycles. The number of hydrogen-bond donors (Lipinski definition) is 2. The fourth-order valence-corrected chi connectivity index (χ4v) is 2.39. The molecule has 1 aromatic rings. The Morgan fingerprint density at radius 3 is 2.35 bits per heavy atom. The number of benzene rings is 1. The molecule has 0 unspecified atom stereocenters. The van der Waals surface area contributed by atoms with Gasteiger partial charge in [0.1, 0.15) is 12.2 Å². The number of aliphatic carboxylic acids is 1. The van der Waals surface area contributed by atoms with Crippen molar-refractivity contribution >= 4 is 29.7 Å². The fourth-order valence-electron chi connectivity index (χ4n) is 2.39. The van der Waals surface area contributed by atoms with Crippen LogP contribution >= 0.6 is 0 Å². The first-order valence-corrected chi connectivity index (χ1v) is 7.37. The molecule has 0 spiro atoms. The average molecular weight is 317 g/mol. The lowest BCUT2D eigenvalue weighted by Gasteiger charge is -2.20. The van der Waals surface area contributed by atoms with Crippen molar-refractivity contribution in [3.63, 3.8) is 0 Å². The van der Waals surface area contributed by atoms with E-state index < -0.39 is 24.5 Å². The zero-order valence-electron chi connectivity index (χ0n) is 13.1. The van der Waals surface area contributed by atoms with Gasteiger partial charge in [-0.25, -0.2) is 9.69 Å². The van der Waals surface area contributed by atoms with E-state index in [-0.39, 0.29) is 5.70 Å². The summed E-state index contributed by atoms with van der Waals surface area (Å²) in [5.41, 5.74) is 1.90. The third kappa shape index (κ3) is 3.68. The summed E-state index contributed by atoms with van der Waals surface area (Å²) in [5, 5.41) is 11.1. The van der Waals surface area contributed by atoms with Gasteiger partial charge >= 0.3 is 12.0 Å². The van der Waals surface area contributed by atoms with Crippen molar-refractivity contribution in [3.05, 3.63) is 35.5 Å². The van der Waals surface area contributed by atoms with E-state index in [0.29, 0.717) is 4.90 Å². The van der Waals surface area contributed by atoms with Crippen LogP contribution < -0.4 is 10.2 Å². The molecule has 0 aromatic heterocycles. The lowest BCUT2D eigenvalue weighted by Crippen LogP contribution is -2.35. The summed E-state index contributed by atoms with van der Waals surface area (Å²) in [6.07, 6.45) is 1.54. The standard InChI is InChI=1S/C16H19N3O4/c1-3-18(4-2)12-7-5-11(6-8-12)9-13-15(22)19(10-14(20)21)16(23)17-13/h5-9H,3-4,10H2,1-2H3,(H,17,23)(H,20,21)/b13-9+. The second-order valence-corrected chi connectivity index (χ2v) is 5.04. The summed E-state index contributed by atoms with van der Waals surface area (Å²) in [7, 11) is 0. The fraction of sp³-hybridized carbons (Fsp3) is 0.312. The minimum atomic E-state index is -1.24. The molecule has 0 aliphatic carbocycles. The van der Waals surface area contributed by atoms with Crippen LogP contribution in [0.1, 0.15) is 19.4 Å². The lowest BCUT2D eigenvalue weighted by atomic mass is 10.1. The second kappa shape index (κ2) is 6.95. The smallest absolute Gasteiger partial charge is 0.329 e. The molecular weight excluding hydrogens is 298 g/mol. The SMILES string of the molecule is CCN(CC)c1ccc(/C=C2/NC(=O)N(CC(=O)O)C2=O)cc1. The van der Waals surface area contributed by atoms with Crippen molar-refractivity contribution in [2.75, 3.05) is 24.5 Å². The lowest BCUT2D eigenvalue weighted by molar-refractivity contribution is -0.140. The molecule has 3 amide bonds. The maximum atomic E-state index is 12.0. The van der Waals surface area contributed by atoms with Crippen molar-refractivity contribution < 1.29 is 19.5 Å². The van der Waals surface area contributed by atoms with Crippen LogP contribution in [0.2, 0.25) is 0 Å². The average Bonchev–Trinajstić information content (AvgIpc) is 2.77. The summed E-state index contributed by atoms with van der Waals surface area (Å²) in [5.74, 6) is -1.87. The van der Waals surface area contributed by atoms with E-state index in [1.54, 1.807) is 0 Å². The summed E-state index contributed by atoms with van der Waals surface area (Å²) in [4.78, 5) is 37.2. The summed E-state index contributed by atoms with van der Waals surface area (Å²) >= 11 is 0. The summed E-state index contributed by atoms with van der Waals surface area (Å²) in [6.45, 7) is 5.29. The van der Waals surface area contributed by atoms with Gasteiger partial charge in [0.25, 0.3) is 5.91 Å². The molecular formula is C16H19N3O4. The van der Waals surface area contributed by atoms with Crippen molar-refractivity contribution in [2.24, 2.45) is 0 Å². The van der Waals surface area contributed by atoms with Crippen molar-refractivity contribution in [1.29, 1.82) is 0 Å². The van der Waals surface area contributed by atoms with Gasteiger partial charge in [-0.3, -0.25) is 9.59 Å². The third-order valence-electron chi connectivity index (χ3n) is 3.59. The highest BCUT2D eigenvalue weighted by Gasteiger charge is 2.34. The highest BCUT2D eigenvalue weighted by atomic mass is 16.4. The van der Waals surface area contributed by atoms with Crippen LogP contribution in [0.3, 0.4) is 0 Å². The number of carboxylic acids is 1. The van der Waals surface area contributed by atoms with Gasteiger partial charge in [0.15, 0.2) is 0 Å². The highest BCUT2D eigenvalue weighted by molar-refractivity contribution is 6.15. The molecule has 7 heteroatoms. The zero-order chi connectivity index (χ0) is 17.0. The van der Waals surface area contributed by atoms with Gasteiger partial charge in [0.2, 0.25) is 0 Å². The van der Waals surface area contributed by atoms with Crippen LogP contribution in [-0.2, 0) is 9.59 Å². The molecule has 0 atom stereocenters. The van der Waals surface area contributed by atoms with Crippen LogP contribution in [0.5, 0.6) is 0 Å². The Balaban J connectivity index is 2.17. The van der Waals surface area contributed by atoms with E-state index in [4.69, 9.17) is 5.11 Å². The molecule has 1 saturated heterocycles.